The molecule has 1 fully saturated rings. The van der Waals surface area contributed by atoms with Crippen LogP contribution in [0.1, 0.15) is 120 Å². The van der Waals surface area contributed by atoms with E-state index in [-0.39, 0.29) is 62.2 Å². The van der Waals surface area contributed by atoms with Crippen LogP contribution in [0.25, 0.3) is 0 Å². The predicted octanol–water partition coefficient (Wildman–Crippen LogP) is 3.65. The zero-order valence-electron chi connectivity index (χ0n) is 50.9. The number of hydrogen-bond donors (Lipinski definition) is 4. The normalized spacial score (nSPS) is 26.1. The minimum atomic E-state index is -1.20. The van der Waals surface area contributed by atoms with Crippen molar-refractivity contribution in [3.63, 3.8) is 0 Å². The Kier molecular flexibility index (Phi) is 25.8. The summed E-state index contributed by atoms with van der Waals surface area (Å²) in [4.78, 5) is 153. The Morgan fingerprint density at radius 1 is 0.325 bits per heavy atom. The lowest BCUT2D eigenvalue weighted by Gasteiger charge is -2.37. The van der Waals surface area contributed by atoms with Crippen LogP contribution in [0.2, 0.25) is 0 Å². The summed E-state index contributed by atoms with van der Waals surface area (Å²) in [5, 5.41) is 11.5. The molecule has 1 aliphatic heterocycles. The van der Waals surface area contributed by atoms with Crippen LogP contribution in [0.15, 0.2) is 60.7 Å². The monoisotopic (exact) mass is 1110 g/mol. The quantitative estimate of drug-likeness (QED) is 0.241. The van der Waals surface area contributed by atoms with E-state index in [4.69, 9.17) is 0 Å². The molecule has 2 aromatic carbocycles. The van der Waals surface area contributed by atoms with Gasteiger partial charge in [-0.2, -0.15) is 0 Å². The van der Waals surface area contributed by atoms with Crippen LogP contribution in [-0.2, 0) is 60.8 Å². The summed E-state index contributed by atoms with van der Waals surface area (Å²) in [5.41, 5.74) is 1.42. The van der Waals surface area contributed by atoms with Crippen molar-refractivity contribution in [3.05, 3.63) is 71.8 Å². The fourth-order valence-corrected chi connectivity index (χ4v) is 9.70. The first-order valence-corrected chi connectivity index (χ1v) is 28.2. The van der Waals surface area contributed by atoms with Gasteiger partial charge in [-0.25, -0.2) is 0 Å². The maximum Gasteiger partial charge on any atom is 0.245 e. The summed E-state index contributed by atoms with van der Waals surface area (Å²) in [7, 11) is 8.63. The van der Waals surface area contributed by atoms with Crippen molar-refractivity contribution < 1.29 is 47.9 Å². The Labute approximate surface area is 475 Å². The van der Waals surface area contributed by atoms with Gasteiger partial charge < -0.3 is 50.7 Å². The van der Waals surface area contributed by atoms with Crippen molar-refractivity contribution in [1.29, 1.82) is 0 Å². The van der Waals surface area contributed by atoms with E-state index in [0.717, 1.165) is 0 Å². The second-order valence-corrected chi connectivity index (χ2v) is 23.6. The lowest BCUT2D eigenvalue weighted by atomic mass is 9.98. The maximum atomic E-state index is 14.7. The van der Waals surface area contributed by atoms with Gasteiger partial charge in [0.1, 0.15) is 60.4 Å². The van der Waals surface area contributed by atoms with E-state index in [1.807, 2.05) is 67.5 Å². The Hall–Kier alpha value is -6.86. The molecule has 0 saturated carbocycles. The first-order valence-electron chi connectivity index (χ1n) is 28.2. The molecule has 20 heteroatoms. The predicted molar refractivity (Wildman–Crippen MR) is 308 cm³/mol. The zero-order chi connectivity index (χ0) is 60.6. The van der Waals surface area contributed by atoms with Gasteiger partial charge >= 0.3 is 0 Å². The van der Waals surface area contributed by atoms with E-state index >= 15 is 0 Å². The molecule has 4 N–H and O–H groups in total. The summed E-state index contributed by atoms with van der Waals surface area (Å²) in [6, 6.07) is 6.33. The summed E-state index contributed by atoms with van der Waals surface area (Å²) in [5.74, 6) is -6.75. The molecule has 10 atom stereocenters. The molecule has 0 aromatic heterocycles. The molecule has 0 aliphatic carbocycles. The third-order valence-corrected chi connectivity index (χ3v) is 15.3. The van der Waals surface area contributed by atoms with E-state index in [2.05, 4.69) is 21.3 Å². The first-order chi connectivity index (χ1) is 37.3. The molecule has 1 saturated heterocycles. The third-order valence-electron chi connectivity index (χ3n) is 15.3. The van der Waals surface area contributed by atoms with Gasteiger partial charge in [-0.05, 0) is 88.2 Å². The van der Waals surface area contributed by atoms with Crippen LogP contribution in [0.3, 0.4) is 0 Å². The number of benzene rings is 2. The summed E-state index contributed by atoms with van der Waals surface area (Å²) >= 11 is 0. The summed E-state index contributed by atoms with van der Waals surface area (Å²) in [6.07, 6.45) is 0.703. The van der Waals surface area contributed by atoms with Crippen LogP contribution in [0.4, 0.5) is 0 Å². The number of nitrogens with zero attached hydrogens (tertiary/aromatic N) is 6. The van der Waals surface area contributed by atoms with Crippen LogP contribution in [0.5, 0.6) is 0 Å². The molecule has 0 unspecified atom stereocenters. The van der Waals surface area contributed by atoms with Crippen molar-refractivity contribution in [2.75, 3.05) is 42.3 Å². The number of hydrogen-bond acceptors (Lipinski definition) is 10. The second kappa shape index (κ2) is 30.7. The molecule has 80 heavy (non-hydrogen) atoms. The van der Waals surface area contributed by atoms with Crippen molar-refractivity contribution >= 4 is 59.1 Å². The highest BCUT2D eigenvalue weighted by Gasteiger charge is 2.41. The molecule has 0 bridgehead atoms. The van der Waals surface area contributed by atoms with E-state index in [1.165, 1.54) is 99.4 Å². The Balaban J connectivity index is 2.25. The van der Waals surface area contributed by atoms with Gasteiger partial charge in [0.15, 0.2) is 0 Å². The number of amides is 10. The number of nitrogens with one attached hydrogen (secondary N) is 4. The maximum absolute atomic E-state index is 14.7. The van der Waals surface area contributed by atoms with Gasteiger partial charge in [0.05, 0.1) is 0 Å². The average Bonchev–Trinajstić information content (AvgIpc) is 3.41. The standard InChI is InChI=1S/C60H94N10O10/c1-35(2)29-45-59(79)67(15)41(11)55(75)69(17)49(33-43-25-21-19-22-26-43)53(73)64-48(32-38(7)8)58(78)66(14)40(10)52(72)62-46(30-36(3)4)60(80)68(16)42(12)56(76)70(18)50(34-44-27-23-20-24-28-44)54(74)63-47(31-37(5)6)57(77)65(13)39(9)51(71)61-45/h19-28,35-42,45-50H,29-34H2,1-18H3,(H,61,71)(H,62,72)(H,63,74)(H,64,73)/t39-,40-,41+,42+,45-,46-,47-,48-,49-,50-/m0/s1. The number of carbonyl (C=O) groups is 10. The van der Waals surface area contributed by atoms with Gasteiger partial charge in [0.25, 0.3) is 0 Å². The van der Waals surface area contributed by atoms with Gasteiger partial charge in [0.2, 0.25) is 59.1 Å². The second-order valence-electron chi connectivity index (χ2n) is 23.6. The lowest BCUT2D eigenvalue weighted by molar-refractivity contribution is -0.150. The van der Waals surface area contributed by atoms with Crippen molar-refractivity contribution in [2.45, 2.75) is 182 Å². The van der Waals surface area contributed by atoms with E-state index in [1.54, 1.807) is 48.5 Å². The molecular formula is C60H94N10O10. The lowest BCUT2D eigenvalue weighted by Crippen LogP contribution is -2.61. The smallest absolute Gasteiger partial charge is 0.245 e. The van der Waals surface area contributed by atoms with Gasteiger partial charge in [0, 0.05) is 55.1 Å². The van der Waals surface area contributed by atoms with E-state index in [0.29, 0.717) is 11.1 Å². The van der Waals surface area contributed by atoms with Crippen LogP contribution in [0, 0.1) is 23.7 Å². The Morgan fingerprint density at radius 2 is 0.550 bits per heavy atom. The Bertz CT molecular complexity index is 2290. The number of rotatable bonds is 12. The fourth-order valence-electron chi connectivity index (χ4n) is 9.70. The fraction of sp³-hybridized carbons (Fsp3) is 0.633. The van der Waals surface area contributed by atoms with Gasteiger partial charge in [-0.1, -0.05) is 116 Å². The molecule has 20 nitrogen and oxygen atoms in total. The summed E-state index contributed by atoms with van der Waals surface area (Å²) < 4.78 is 0. The molecular weight excluding hydrogens is 1020 g/mol. The number of carbonyl (C=O) groups excluding carboxylic acids is 10. The Morgan fingerprint density at radius 3 is 0.787 bits per heavy atom. The molecule has 1 heterocycles. The minimum Gasteiger partial charge on any atom is -0.343 e. The topological polar surface area (TPSA) is 238 Å². The zero-order valence-corrected chi connectivity index (χ0v) is 50.9. The first kappa shape index (κ1) is 67.4. The minimum absolute atomic E-state index is 0.0306. The molecule has 0 radical (unpaired) electrons. The van der Waals surface area contributed by atoms with Crippen LogP contribution < -0.4 is 21.3 Å². The van der Waals surface area contributed by atoms with E-state index < -0.39 is 119 Å². The third kappa shape index (κ3) is 18.6. The van der Waals surface area contributed by atoms with Gasteiger partial charge in [-0.15, -0.1) is 0 Å². The largest absolute Gasteiger partial charge is 0.343 e. The highest BCUT2D eigenvalue weighted by Crippen LogP contribution is 2.20. The summed E-state index contributed by atoms with van der Waals surface area (Å²) in [6.45, 7) is 21.0. The molecule has 444 valence electrons. The average molecular weight is 1120 g/mol. The van der Waals surface area contributed by atoms with Crippen LogP contribution >= 0.6 is 0 Å². The molecule has 0 spiro atoms. The SMILES string of the molecule is CC(C)C[C@@H]1NC(=O)[C@H](C)N(C)C(=O)[C@H](CC(C)C)NC(=O)[C@H](Cc2ccccc2)N(C)C(=O)[C@@H](C)N(C)C(=O)[C@H](CC(C)C)NC(=O)[C@H](C)N(C)C(=O)[C@H](CC(C)C)NC(=O)[C@H](Cc2ccccc2)N(C)C(=O)[C@@H](C)N(C)C1=O. The molecule has 1 aliphatic rings. The van der Waals surface area contributed by atoms with Crippen molar-refractivity contribution in [1.82, 2.24) is 50.7 Å². The molecule has 3 rings (SSSR count). The number of likely N-dealkylation sites (N-methyl/N-ethyl adjacent to an activating group) is 6. The van der Waals surface area contributed by atoms with Gasteiger partial charge in [-0.3, -0.25) is 47.9 Å². The molecule has 2 aromatic rings. The van der Waals surface area contributed by atoms with Crippen molar-refractivity contribution in [2.24, 2.45) is 23.7 Å². The van der Waals surface area contributed by atoms with E-state index in [9.17, 15) is 47.9 Å². The highest BCUT2D eigenvalue weighted by atomic mass is 16.2. The molecule has 10 amide bonds. The highest BCUT2D eigenvalue weighted by molar-refractivity contribution is 5.99. The van der Waals surface area contributed by atoms with Crippen LogP contribution in [-0.4, -0.2) is 191 Å². The van der Waals surface area contributed by atoms with Crippen molar-refractivity contribution in [3.8, 4) is 0 Å².